The minimum absolute atomic E-state index is 0.0648. The average Bonchev–Trinajstić information content (AvgIpc) is 2.63. The van der Waals surface area contributed by atoms with Crippen molar-refractivity contribution in [1.29, 1.82) is 0 Å². The highest BCUT2D eigenvalue weighted by Gasteiger charge is 2.40. The van der Waals surface area contributed by atoms with Gasteiger partial charge < -0.3 is 20.1 Å². The molecular weight excluding hydrogens is 448 g/mol. The number of carbonyl (C=O) groups excluding carboxylic acids is 2. The predicted octanol–water partition coefficient (Wildman–Crippen LogP) is 3.08. The number of benzene rings is 1. The molecule has 172 valence electrons. The molecule has 1 aromatic carbocycles. The smallest absolute Gasteiger partial charge is 0.484 e. The van der Waals surface area contributed by atoms with Gasteiger partial charge in [0.25, 0.3) is 5.91 Å². The van der Waals surface area contributed by atoms with Crippen molar-refractivity contribution < 1.29 is 41.4 Å². The molecule has 2 rings (SSSR count). The van der Waals surface area contributed by atoms with Crippen molar-refractivity contribution in [2.75, 3.05) is 19.8 Å². The number of hydrogen-bond acceptors (Lipinski definition) is 5. The molecule has 0 radical (unpaired) electrons. The van der Waals surface area contributed by atoms with Crippen molar-refractivity contribution in [3.05, 3.63) is 41.3 Å². The minimum atomic E-state index is -4.68. The van der Waals surface area contributed by atoms with Crippen LogP contribution in [0.15, 0.2) is 30.5 Å². The number of carbonyl (C=O) groups is 2. The summed E-state index contributed by atoms with van der Waals surface area (Å²) in [6.07, 6.45) is -5.70. The molecule has 1 aliphatic rings. The molecule has 0 bridgehead atoms. The third kappa shape index (κ3) is 9.53. The normalized spacial score (nSPS) is 18.1. The maximum absolute atomic E-state index is 13.3. The first-order chi connectivity index (χ1) is 14.5. The van der Waals surface area contributed by atoms with Gasteiger partial charge in [-0.2, -0.15) is 0 Å². The Balaban J connectivity index is 1.52. The molecule has 0 unspecified atom stereocenters. The third-order valence-electron chi connectivity index (χ3n) is 4.13. The van der Waals surface area contributed by atoms with Gasteiger partial charge >= 0.3 is 6.36 Å². The van der Waals surface area contributed by atoms with E-state index in [0.29, 0.717) is 5.70 Å². The first kappa shape index (κ1) is 24.9. The van der Waals surface area contributed by atoms with Crippen molar-refractivity contribution >= 4 is 23.4 Å². The Morgan fingerprint density at radius 3 is 2.52 bits per heavy atom. The van der Waals surface area contributed by atoms with Crippen LogP contribution in [-0.4, -0.2) is 50.1 Å². The summed E-state index contributed by atoms with van der Waals surface area (Å²) in [5.41, 5.74) is 0.322. The summed E-state index contributed by atoms with van der Waals surface area (Å²) >= 11 is 5.55. The number of hydrogen-bond donors (Lipinski definition) is 2. The van der Waals surface area contributed by atoms with Gasteiger partial charge in [-0.25, -0.2) is 4.39 Å². The van der Waals surface area contributed by atoms with Gasteiger partial charge in [-0.1, -0.05) is 18.2 Å². The Labute approximate surface area is 180 Å². The molecule has 0 spiro atoms. The molecule has 1 aliphatic carbocycles. The van der Waals surface area contributed by atoms with Crippen LogP contribution in [0.3, 0.4) is 0 Å². The van der Waals surface area contributed by atoms with Crippen molar-refractivity contribution in [2.24, 2.45) is 0 Å². The second-order valence-electron chi connectivity index (χ2n) is 6.71. The lowest BCUT2D eigenvalue weighted by Gasteiger charge is -2.34. The standard InChI is InChI=1S/C19H21ClF4N2O5/c1-11(26-18(28)10-29-12-2-3-15(20)16(21)8-12)4-5-25-17(27)9-30-13-6-14(7-13)31-19(22,23)24/h2-3,8,13-14H,1,4-7,9-10H2,(H,25,27)(H,26,28)/t13-,14+. The van der Waals surface area contributed by atoms with E-state index in [-0.39, 0.29) is 49.8 Å². The lowest BCUT2D eigenvalue weighted by molar-refractivity contribution is -0.357. The largest absolute Gasteiger partial charge is 0.522 e. The summed E-state index contributed by atoms with van der Waals surface area (Å²) in [4.78, 5) is 23.5. The molecule has 7 nitrogen and oxygen atoms in total. The van der Waals surface area contributed by atoms with Gasteiger partial charge in [0.05, 0.1) is 17.2 Å². The molecule has 2 N–H and O–H groups in total. The molecule has 1 aromatic rings. The predicted molar refractivity (Wildman–Crippen MR) is 102 cm³/mol. The fraction of sp³-hybridized carbons (Fsp3) is 0.474. The fourth-order valence-electron chi connectivity index (χ4n) is 2.55. The molecule has 0 aliphatic heterocycles. The third-order valence-corrected chi connectivity index (χ3v) is 4.43. The van der Waals surface area contributed by atoms with Gasteiger partial charge in [-0.15, -0.1) is 13.2 Å². The second kappa shape index (κ2) is 11.3. The summed E-state index contributed by atoms with van der Waals surface area (Å²) in [7, 11) is 0. The molecule has 1 fully saturated rings. The Morgan fingerprint density at radius 1 is 1.16 bits per heavy atom. The molecule has 0 atom stereocenters. The van der Waals surface area contributed by atoms with E-state index in [4.69, 9.17) is 21.1 Å². The van der Waals surface area contributed by atoms with Gasteiger partial charge in [0.1, 0.15) is 18.2 Å². The minimum Gasteiger partial charge on any atom is -0.484 e. The number of amides is 2. The van der Waals surface area contributed by atoms with Crippen LogP contribution >= 0.6 is 11.6 Å². The van der Waals surface area contributed by atoms with Gasteiger partial charge in [-0.3, -0.25) is 14.3 Å². The Morgan fingerprint density at radius 2 is 1.87 bits per heavy atom. The van der Waals surface area contributed by atoms with Crippen LogP contribution in [0.5, 0.6) is 5.75 Å². The lowest BCUT2D eigenvalue weighted by Crippen LogP contribution is -2.42. The number of rotatable bonds is 11. The topological polar surface area (TPSA) is 85.9 Å². The van der Waals surface area contributed by atoms with E-state index in [0.717, 1.165) is 6.07 Å². The van der Waals surface area contributed by atoms with Crippen LogP contribution in [0, 0.1) is 5.82 Å². The first-order valence-electron chi connectivity index (χ1n) is 9.20. The SMILES string of the molecule is C=C(CCNC(=O)CO[C@H]1C[C@@H](OC(F)(F)F)C1)NC(=O)COc1ccc(Cl)c(F)c1. The van der Waals surface area contributed by atoms with Crippen molar-refractivity contribution in [3.8, 4) is 5.75 Å². The highest BCUT2D eigenvalue weighted by Crippen LogP contribution is 2.31. The Kier molecular flexibility index (Phi) is 9.08. The number of ether oxygens (including phenoxy) is 3. The Bertz CT molecular complexity index is 800. The zero-order valence-electron chi connectivity index (χ0n) is 16.3. The molecular formula is C19H21ClF4N2O5. The summed E-state index contributed by atoms with van der Waals surface area (Å²) in [5, 5.41) is 4.95. The van der Waals surface area contributed by atoms with Crippen molar-refractivity contribution in [1.82, 2.24) is 10.6 Å². The molecule has 0 heterocycles. The zero-order valence-corrected chi connectivity index (χ0v) is 17.0. The molecule has 0 aromatic heterocycles. The molecule has 12 heteroatoms. The van der Waals surface area contributed by atoms with Gasteiger partial charge in [0.2, 0.25) is 5.91 Å². The van der Waals surface area contributed by atoms with E-state index in [1.165, 1.54) is 12.1 Å². The molecule has 0 saturated heterocycles. The van der Waals surface area contributed by atoms with Crippen LogP contribution in [-0.2, 0) is 19.1 Å². The monoisotopic (exact) mass is 468 g/mol. The van der Waals surface area contributed by atoms with Crippen molar-refractivity contribution in [3.63, 3.8) is 0 Å². The van der Waals surface area contributed by atoms with Crippen LogP contribution < -0.4 is 15.4 Å². The van der Waals surface area contributed by atoms with E-state index in [9.17, 15) is 27.2 Å². The summed E-state index contributed by atoms with van der Waals surface area (Å²) in [6.45, 7) is 3.14. The van der Waals surface area contributed by atoms with E-state index in [2.05, 4.69) is 21.9 Å². The summed E-state index contributed by atoms with van der Waals surface area (Å²) in [6, 6.07) is 3.77. The number of halogens is 5. The summed E-state index contributed by atoms with van der Waals surface area (Å²) < 4.78 is 63.5. The first-order valence-corrected chi connectivity index (χ1v) is 9.58. The van der Waals surface area contributed by atoms with Gasteiger partial charge in [0, 0.05) is 37.6 Å². The van der Waals surface area contributed by atoms with E-state index >= 15 is 0 Å². The highest BCUT2D eigenvalue weighted by molar-refractivity contribution is 6.30. The maximum atomic E-state index is 13.3. The van der Waals surface area contributed by atoms with Crippen molar-refractivity contribution in [2.45, 2.75) is 37.8 Å². The molecule has 31 heavy (non-hydrogen) atoms. The highest BCUT2D eigenvalue weighted by atomic mass is 35.5. The number of nitrogens with one attached hydrogen (secondary N) is 2. The van der Waals surface area contributed by atoms with Crippen LogP contribution in [0.4, 0.5) is 17.6 Å². The zero-order chi connectivity index (χ0) is 23.0. The quantitative estimate of drug-likeness (QED) is 0.487. The lowest BCUT2D eigenvalue weighted by atomic mass is 9.92. The molecule has 1 saturated carbocycles. The van der Waals surface area contributed by atoms with Crippen LogP contribution in [0.1, 0.15) is 19.3 Å². The van der Waals surface area contributed by atoms with Crippen LogP contribution in [0.25, 0.3) is 0 Å². The number of alkyl halides is 3. The molecule has 2 amide bonds. The van der Waals surface area contributed by atoms with E-state index < -0.39 is 36.2 Å². The van der Waals surface area contributed by atoms with Crippen LogP contribution in [0.2, 0.25) is 5.02 Å². The van der Waals surface area contributed by atoms with Gasteiger partial charge in [0.15, 0.2) is 6.61 Å². The Hall–Kier alpha value is -2.37. The fourth-order valence-corrected chi connectivity index (χ4v) is 2.66. The van der Waals surface area contributed by atoms with E-state index in [1.54, 1.807) is 0 Å². The second-order valence-corrected chi connectivity index (χ2v) is 7.11. The van der Waals surface area contributed by atoms with Gasteiger partial charge in [-0.05, 0) is 12.1 Å². The average molecular weight is 469 g/mol. The maximum Gasteiger partial charge on any atom is 0.522 e. The summed E-state index contributed by atoms with van der Waals surface area (Å²) in [5.74, 6) is -1.50. The van der Waals surface area contributed by atoms with E-state index in [1.807, 2.05) is 0 Å².